The van der Waals surface area contributed by atoms with Gasteiger partial charge in [-0.1, -0.05) is 30.3 Å². The van der Waals surface area contributed by atoms with Gasteiger partial charge in [-0.25, -0.2) is 0 Å². The normalized spacial score (nSPS) is 11.0. The summed E-state index contributed by atoms with van der Waals surface area (Å²) >= 11 is 0. The second kappa shape index (κ2) is 6.95. The molecule has 0 atom stereocenters. The molecule has 22 heavy (non-hydrogen) atoms. The smallest absolute Gasteiger partial charge is 0.188 e. The number of pyridine rings is 1. The second-order valence-corrected chi connectivity index (χ2v) is 5.72. The highest BCUT2D eigenvalue weighted by atomic mass is 35.5. The lowest BCUT2D eigenvalue weighted by atomic mass is 10.0. The Morgan fingerprint density at radius 2 is 1.82 bits per heavy atom. The van der Waals surface area contributed by atoms with Crippen molar-refractivity contribution in [1.29, 1.82) is 0 Å². The summed E-state index contributed by atoms with van der Waals surface area (Å²) in [5.41, 5.74) is 1.96. The van der Waals surface area contributed by atoms with Crippen LogP contribution in [0.2, 0.25) is 0 Å². The molecule has 0 fully saturated rings. The first-order chi connectivity index (χ1) is 10.2. The molecule has 1 aliphatic carbocycles. The average molecular weight is 317 g/mol. The van der Waals surface area contributed by atoms with Crippen LogP contribution in [0.5, 0.6) is 0 Å². The highest BCUT2D eigenvalue weighted by Crippen LogP contribution is 2.28. The van der Waals surface area contributed by atoms with Gasteiger partial charge in [-0.15, -0.1) is 12.4 Å². The maximum absolute atomic E-state index is 12.3. The Morgan fingerprint density at radius 1 is 1.05 bits per heavy atom. The first kappa shape index (κ1) is 16.5. The molecule has 1 heterocycles. The lowest BCUT2D eigenvalue weighted by Crippen LogP contribution is -2.17. The van der Waals surface area contributed by atoms with Gasteiger partial charge in [-0.3, -0.25) is 4.79 Å². The van der Waals surface area contributed by atoms with Crippen molar-refractivity contribution >= 4 is 23.2 Å². The Hall–Kier alpha value is -1.84. The fraction of sp³-hybridized carbons (Fsp3) is 0.278. The van der Waals surface area contributed by atoms with E-state index in [1.807, 2.05) is 30.3 Å². The molecule has 3 nitrogen and oxygen atoms in total. The molecule has 0 saturated heterocycles. The molecule has 4 heteroatoms. The quantitative estimate of drug-likeness (QED) is 0.689. The van der Waals surface area contributed by atoms with Crippen molar-refractivity contribution in [2.24, 2.45) is 0 Å². The number of aryl methyl sites for hydroxylation is 1. The van der Waals surface area contributed by atoms with Gasteiger partial charge in [-0.05, 0) is 50.0 Å². The summed E-state index contributed by atoms with van der Waals surface area (Å²) in [5, 5.41) is 2.17. The molecule has 1 aromatic rings. The number of hydrogen-bond acceptors (Lipinski definition) is 2. The lowest BCUT2D eigenvalue weighted by molar-refractivity contribution is 0.387. The van der Waals surface area contributed by atoms with Crippen LogP contribution >= 0.6 is 12.4 Å². The predicted octanol–water partition coefficient (Wildman–Crippen LogP) is 3.48. The maximum Gasteiger partial charge on any atom is 0.188 e. The molecule has 0 amide bonds. The van der Waals surface area contributed by atoms with Crippen LogP contribution in [0.1, 0.15) is 6.42 Å². The molecule has 2 aliphatic rings. The molecule has 0 saturated carbocycles. The Kier molecular flexibility index (Phi) is 5.22. The van der Waals surface area contributed by atoms with Gasteiger partial charge in [-0.2, -0.15) is 0 Å². The first-order valence-electron chi connectivity index (χ1n) is 7.32. The minimum atomic E-state index is 0. The van der Waals surface area contributed by atoms with Gasteiger partial charge in [0.2, 0.25) is 0 Å². The van der Waals surface area contributed by atoms with Gasteiger partial charge in [0.15, 0.2) is 5.43 Å². The highest BCUT2D eigenvalue weighted by Gasteiger charge is 2.13. The zero-order chi connectivity index (χ0) is 14.8. The van der Waals surface area contributed by atoms with Crippen LogP contribution in [0, 0.1) is 0 Å². The summed E-state index contributed by atoms with van der Waals surface area (Å²) in [7, 11) is 4.16. The molecular weight excluding hydrogens is 296 g/mol. The van der Waals surface area contributed by atoms with Crippen molar-refractivity contribution in [3.8, 4) is 11.3 Å². The van der Waals surface area contributed by atoms with Gasteiger partial charge < -0.3 is 9.47 Å². The van der Waals surface area contributed by atoms with E-state index in [9.17, 15) is 4.79 Å². The molecule has 0 radical (unpaired) electrons. The Balaban J connectivity index is 0.00000176. The topological polar surface area (TPSA) is 25.2 Å². The second-order valence-electron chi connectivity index (χ2n) is 5.72. The van der Waals surface area contributed by atoms with Crippen molar-refractivity contribution < 1.29 is 0 Å². The van der Waals surface area contributed by atoms with E-state index in [4.69, 9.17) is 0 Å². The summed E-state index contributed by atoms with van der Waals surface area (Å²) in [6.45, 7) is 1.96. The van der Waals surface area contributed by atoms with E-state index in [1.165, 1.54) is 0 Å². The molecular formula is C18H21ClN2O. The van der Waals surface area contributed by atoms with E-state index >= 15 is 0 Å². The van der Waals surface area contributed by atoms with E-state index in [2.05, 4.69) is 35.8 Å². The van der Waals surface area contributed by atoms with Crippen LogP contribution < -0.4 is 5.43 Å². The molecule has 0 unspecified atom stereocenters. The molecule has 0 N–H and O–H groups in total. The number of benzene rings is 2. The predicted molar refractivity (Wildman–Crippen MR) is 95.2 cm³/mol. The first-order valence-corrected chi connectivity index (χ1v) is 7.32. The average Bonchev–Trinajstić information content (AvgIpc) is 2.47. The molecule has 0 spiro atoms. The van der Waals surface area contributed by atoms with Crippen LogP contribution in [0.25, 0.3) is 22.0 Å². The van der Waals surface area contributed by atoms with E-state index in [0.717, 1.165) is 41.5 Å². The highest BCUT2D eigenvalue weighted by molar-refractivity contribution is 5.96. The van der Waals surface area contributed by atoms with Crippen molar-refractivity contribution in [3.05, 3.63) is 58.9 Å². The Labute approximate surface area is 136 Å². The van der Waals surface area contributed by atoms with E-state index in [-0.39, 0.29) is 17.8 Å². The fourth-order valence-electron chi connectivity index (χ4n) is 2.85. The summed E-state index contributed by atoms with van der Waals surface area (Å²) in [6.07, 6.45) is 3.22. The summed E-state index contributed by atoms with van der Waals surface area (Å²) in [5.74, 6) is 0. The fourth-order valence-corrected chi connectivity index (χ4v) is 2.85. The van der Waals surface area contributed by atoms with Crippen LogP contribution in [0.4, 0.5) is 0 Å². The van der Waals surface area contributed by atoms with Crippen LogP contribution in [-0.4, -0.2) is 30.1 Å². The van der Waals surface area contributed by atoms with E-state index in [1.54, 1.807) is 6.07 Å². The number of halogens is 1. The zero-order valence-electron chi connectivity index (χ0n) is 13.0. The van der Waals surface area contributed by atoms with Gasteiger partial charge in [0.1, 0.15) is 0 Å². The van der Waals surface area contributed by atoms with E-state index < -0.39 is 0 Å². The molecule has 0 aromatic heterocycles. The molecule has 0 bridgehead atoms. The largest absolute Gasteiger partial charge is 0.347 e. The standard InChI is InChI=1S/C18H20N2O.ClH/c1-19(2)11-6-12-20-13-14-7-3-4-8-15(14)18-16(20)9-5-10-17(18)21;/h3-5,7-10,13H,6,11-12H2,1-2H3;1H. The third-order valence-corrected chi connectivity index (χ3v) is 3.84. The van der Waals surface area contributed by atoms with Gasteiger partial charge in [0.05, 0.1) is 11.3 Å². The minimum absolute atomic E-state index is 0. The number of hydrogen-bond donors (Lipinski definition) is 0. The maximum atomic E-state index is 12.3. The van der Waals surface area contributed by atoms with Crippen LogP contribution in [0.15, 0.2) is 53.5 Å². The third-order valence-electron chi connectivity index (χ3n) is 3.84. The van der Waals surface area contributed by atoms with Crippen molar-refractivity contribution in [2.45, 2.75) is 13.0 Å². The van der Waals surface area contributed by atoms with Gasteiger partial charge >= 0.3 is 0 Å². The van der Waals surface area contributed by atoms with Crippen LogP contribution in [0.3, 0.4) is 0 Å². The van der Waals surface area contributed by atoms with Gasteiger partial charge in [0.25, 0.3) is 0 Å². The molecule has 1 aromatic carbocycles. The van der Waals surface area contributed by atoms with Crippen molar-refractivity contribution in [1.82, 2.24) is 9.47 Å². The zero-order valence-corrected chi connectivity index (χ0v) is 13.8. The Bertz CT molecular complexity index is 795. The summed E-state index contributed by atoms with van der Waals surface area (Å²) in [4.78, 5) is 14.5. The van der Waals surface area contributed by atoms with Crippen molar-refractivity contribution in [2.75, 3.05) is 20.6 Å². The molecule has 3 rings (SSSR count). The number of fused-ring (bicyclic) bond motifs is 3. The SMILES string of the molecule is CN(C)CCCn1cc2ccccc2c2c(=O)cccc1-2.Cl. The van der Waals surface area contributed by atoms with E-state index in [0.29, 0.717) is 0 Å². The Morgan fingerprint density at radius 3 is 2.59 bits per heavy atom. The van der Waals surface area contributed by atoms with Gasteiger partial charge in [0, 0.05) is 12.7 Å². The third kappa shape index (κ3) is 3.16. The number of aromatic nitrogens is 1. The summed E-state index contributed by atoms with van der Waals surface area (Å²) < 4.78 is 2.21. The lowest BCUT2D eigenvalue weighted by Gasteiger charge is -2.18. The van der Waals surface area contributed by atoms with Crippen LogP contribution in [-0.2, 0) is 6.54 Å². The molecule has 1 aliphatic heterocycles. The monoisotopic (exact) mass is 316 g/mol. The minimum Gasteiger partial charge on any atom is -0.347 e. The molecule has 116 valence electrons. The number of rotatable bonds is 4. The van der Waals surface area contributed by atoms with Crippen molar-refractivity contribution in [3.63, 3.8) is 0 Å². The summed E-state index contributed by atoms with van der Waals surface area (Å²) in [6, 6.07) is 13.7. The number of nitrogens with zero attached hydrogens (tertiary/aromatic N) is 2.